The van der Waals surface area contributed by atoms with Crippen molar-refractivity contribution in [3.05, 3.63) is 60.2 Å². The number of carbonyl (C=O) groups is 1. The molecule has 9 nitrogen and oxygen atoms in total. The summed E-state index contributed by atoms with van der Waals surface area (Å²) in [6, 6.07) is 11.8. The van der Waals surface area contributed by atoms with Crippen LogP contribution in [-0.2, 0) is 4.74 Å². The van der Waals surface area contributed by atoms with Gasteiger partial charge in [0, 0.05) is 31.5 Å². The van der Waals surface area contributed by atoms with E-state index in [2.05, 4.69) is 15.1 Å². The third-order valence-corrected chi connectivity index (χ3v) is 7.23. The van der Waals surface area contributed by atoms with Gasteiger partial charge in [-0.25, -0.2) is 14.6 Å². The van der Waals surface area contributed by atoms with Gasteiger partial charge in [0.25, 0.3) is 0 Å². The maximum Gasteiger partial charge on any atom is 0.410 e. The summed E-state index contributed by atoms with van der Waals surface area (Å²) in [4.78, 5) is 22.3. The van der Waals surface area contributed by atoms with Crippen LogP contribution < -0.4 is 10.1 Å². The second kappa shape index (κ2) is 11.4. The Hall–Kier alpha value is -4.06. The van der Waals surface area contributed by atoms with E-state index in [4.69, 9.17) is 21.1 Å². The van der Waals surface area contributed by atoms with E-state index in [1.807, 2.05) is 68.0 Å². The lowest BCUT2D eigenvalue weighted by Gasteiger charge is -2.33. The first-order valence-electron chi connectivity index (χ1n) is 13.7. The van der Waals surface area contributed by atoms with E-state index >= 15 is 0 Å². The van der Waals surface area contributed by atoms with Crippen molar-refractivity contribution in [2.24, 2.45) is 5.92 Å². The highest BCUT2D eigenvalue weighted by Gasteiger charge is 2.28. The Morgan fingerprint density at radius 2 is 1.85 bits per heavy atom. The molecular formula is C30H36N6O3. The van der Waals surface area contributed by atoms with E-state index in [9.17, 15) is 4.79 Å². The molecule has 2 fully saturated rings. The van der Waals surface area contributed by atoms with Gasteiger partial charge in [0.2, 0.25) is 5.69 Å². The predicted molar refractivity (Wildman–Crippen MR) is 150 cm³/mol. The smallest absolute Gasteiger partial charge is 0.410 e. The molecule has 1 saturated carbocycles. The summed E-state index contributed by atoms with van der Waals surface area (Å²) in [5.41, 5.74) is 1.92. The Kier molecular flexibility index (Phi) is 7.73. The Morgan fingerprint density at radius 3 is 2.54 bits per heavy atom. The molecule has 0 atom stereocenters. The van der Waals surface area contributed by atoms with Gasteiger partial charge in [0.05, 0.1) is 19.2 Å². The molecule has 1 aliphatic carbocycles. The molecule has 1 N–H and O–H groups in total. The molecular weight excluding hydrogens is 492 g/mol. The molecule has 204 valence electrons. The lowest BCUT2D eigenvalue weighted by molar-refractivity contribution is 0.0185. The van der Waals surface area contributed by atoms with Gasteiger partial charge in [-0.15, -0.1) is 0 Å². The van der Waals surface area contributed by atoms with Crippen LogP contribution in [0.2, 0.25) is 0 Å². The van der Waals surface area contributed by atoms with Gasteiger partial charge < -0.3 is 19.7 Å². The van der Waals surface area contributed by atoms with Gasteiger partial charge in [-0.1, -0.05) is 12.5 Å². The zero-order chi connectivity index (χ0) is 27.4. The lowest BCUT2D eigenvalue weighted by atomic mass is 9.86. The summed E-state index contributed by atoms with van der Waals surface area (Å²) < 4.78 is 13.4. The monoisotopic (exact) mass is 528 g/mol. The molecule has 0 unspecified atom stereocenters. The molecule has 1 aliphatic heterocycles. The molecule has 2 aliphatic rings. The number of rotatable bonds is 7. The first kappa shape index (κ1) is 26.5. The van der Waals surface area contributed by atoms with Gasteiger partial charge in [0.15, 0.2) is 5.82 Å². The van der Waals surface area contributed by atoms with Crippen LogP contribution >= 0.6 is 0 Å². The molecule has 0 radical (unpaired) electrons. The number of aromatic nitrogens is 3. The van der Waals surface area contributed by atoms with Crippen molar-refractivity contribution in [1.29, 1.82) is 0 Å². The number of pyridine rings is 1. The van der Waals surface area contributed by atoms with E-state index in [1.165, 1.54) is 19.3 Å². The summed E-state index contributed by atoms with van der Waals surface area (Å²) in [5, 5.41) is 8.02. The van der Waals surface area contributed by atoms with Crippen molar-refractivity contribution < 1.29 is 14.3 Å². The van der Waals surface area contributed by atoms with E-state index < -0.39 is 5.60 Å². The number of hydrogen-bond acceptors (Lipinski definition) is 6. The number of amides is 1. The first-order valence-corrected chi connectivity index (χ1v) is 13.7. The van der Waals surface area contributed by atoms with Gasteiger partial charge in [-0.05, 0) is 87.8 Å². The number of nitrogens with zero attached hydrogens (tertiary/aromatic N) is 5. The fourth-order valence-electron chi connectivity index (χ4n) is 4.83. The summed E-state index contributed by atoms with van der Waals surface area (Å²) in [6.45, 7) is 15.2. The normalized spacial score (nSPS) is 16.3. The Labute approximate surface area is 230 Å². The average molecular weight is 529 g/mol. The Morgan fingerprint density at radius 1 is 1.08 bits per heavy atom. The van der Waals surface area contributed by atoms with Gasteiger partial charge in [-0.2, -0.15) is 5.10 Å². The number of piperidine rings is 1. The fourth-order valence-corrected chi connectivity index (χ4v) is 4.83. The zero-order valence-electron chi connectivity index (χ0n) is 22.9. The first-order chi connectivity index (χ1) is 18.8. The highest BCUT2D eigenvalue weighted by molar-refractivity contribution is 5.74. The minimum Gasteiger partial charge on any atom is -0.504 e. The average Bonchev–Trinajstić information content (AvgIpc) is 3.35. The van der Waals surface area contributed by atoms with Crippen molar-refractivity contribution >= 4 is 23.4 Å². The molecule has 0 spiro atoms. The summed E-state index contributed by atoms with van der Waals surface area (Å²) in [6.07, 6.45) is 8.79. The van der Waals surface area contributed by atoms with Crippen LogP contribution in [0.1, 0.15) is 58.9 Å². The number of nitrogens with one attached hydrogen (secondary N) is 1. The molecule has 3 aromatic rings. The van der Waals surface area contributed by atoms with E-state index in [-0.39, 0.29) is 12.1 Å². The van der Waals surface area contributed by atoms with Crippen LogP contribution in [0.15, 0.2) is 48.8 Å². The van der Waals surface area contributed by atoms with E-state index in [0.29, 0.717) is 48.7 Å². The van der Waals surface area contributed by atoms with Crippen LogP contribution in [0, 0.1) is 12.5 Å². The van der Waals surface area contributed by atoms with Gasteiger partial charge >= 0.3 is 6.09 Å². The molecule has 9 heteroatoms. The molecule has 3 heterocycles. The predicted octanol–water partition coefficient (Wildman–Crippen LogP) is 6.99. The second-order valence-electron chi connectivity index (χ2n) is 11.3. The Balaban J connectivity index is 1.20. The van der Waals surface area contributed by atoms with Crippen LogP contribution in [0.5, 0.6) is 5.75 Å². The largest absolute Gasteiger partial charge is 0.504 e. The third kappa shape index (κ3) is 6.69. The van der Waals surface area contributed by atoms with Crippen molar-refractivity contribution in [1.82, 2.24) is 19.7 Å². The van der Waals surface area contributed by atoms with E-state index in [0.717, 1.165) is 24.0 Å². The Bertz CT molecular complexity index is 1340. The van der Waals surface area contributed by atoms with Gasteiger partial charge in [0.1, 0.15) is 17.2 Å². The maximum atomic E-state index is 12.4. The molecule has 5 rings (SSSR count). The maximum absolute atomic E-state index is 12.4. The third-order valence-electron chi connectivity index (χ3n) is 7.23. The lowest BCUT2D eigenvalue weighted by Crippen LogP contribution is -2.42. The molecule has 39 heavy (non-hydrogen) atoms. The fraction of sp³-hybridized carbons (Fsp3) is 0.467. The second-order valence-corrected chi connectivity index (χ2v) is 11.3. The van der Waals surface area contributed by atoms with Gasteiger partial charge in [-0.3, -0.25) is 4.68 Å². The van der Waals surface area contributed by atoms with Crippen molar-refractivity contribution in [2.75, 3.05) is 25.0 Å². The minimum atomic E-state index is -0.492. The quantitative estimate of drug-likeness (QED) is 0.333. The summed E-state index contributed by atoms with van der Waals surface area (Å²) in [7, 11) is 0. The minimum absolute atomic E-state index is 0.218. The van der Waals surface area contributed by atoms with Crippen molar-refractivity contribution in [3.8, 4) is 16.9 Å². The molecule has 1 aromatic carbocycles. The summed E-state index contributed by atoms with van der Waals surface area (Å²) >= 11 is 0. The standard InChI is InChI=1S/C30H36N6O3/c1-30(2,3)39-29(37)35-15-11-24(12-16-35)36-17-13-27(34-36)33-28-19-23(10-14-32-28)22-8-9-26(25(18-22)31-4)38-20-21-6-5-7-21/h8-10,13-14,17-19,21,24H,5-7,11-12,15-16,20H2,1-3H3,(H,32,33,34). The number of ether oxygens (including phenoxy) is 2. The highest BCUT2D eigenvalue weighted by atomic mass is 16.6. The van der Waals surface area contributed by atoms with Crippen LogP contribution in [-0.4, -0.2) is 51.1 Å². The molecule has 1 amide bonds. The van der Waals surface area contributed by atoms with E-state index in [1.54, 1.807) is 11.1 Å². The molecule has 2 aromatic heterocycles. The highest BCUT2D eigenvalue weighted by Crippen LogP contribution is 2.35. The summed E-state index contributed by atoms with van der Waals surface area (Å²) in [5.74, 6) is 2.64. The number of likely N-dealkylation sites (tertiary alicyclic amines) is 1. The van der Waals surface area contributed by atoms with Crippen LogP contribution in [0.25, 0.3) is 16.0 Å². The topological polar surface area (TPSA) is 85.9 Å². The number of benzene rings is 1. The number of carbonyl (C=O) groups excluding carboxylic acids is 1. The van der Waals surface area contributed by atoms with Crippen LogP contribution in [0.4, 0.5) is 22.1 Å². The van der Waals surface area contributed by atoms with Crippen molar-refractivity contribution in [3.63, 3.8) is 0 Å². The molecule has 1 saturated heterocycles. The van der Waals surface area contributed by atoms with Crippen molar-refractivity contribution in [2.45, 2.75) is 64.5 Å². The number of anilines is 2. The van der Waals surface area contributed by atoms with Crippen LogP contribution in [0.3, 0.4) is 0 Å². The molecule has 0 bridgehead atoms. The SMILES string of the molecule is [C-]#[N+]c1cc(-c2ccnc(Nc3ccn(C4CCN(C(=O)OC(C)(C)C)CC4)n3)c2)ccc1OCC1CCC1. The number of hydrogen-bond donors (Lipinski definition) is 1. The zero-order valence-corrected chi connectivity index (χ0v) is 22.9.